The molecule has 0 aliphatic heterocycles. The van der Waals surface area contributed by atoms with E-state index >= 15 is 0 Å². The Morgan fingerprint density at radius 2 is 0.655 bits per heavy atom. The summed E-state index contributed by atoms with van der Waals surface area (Å²) in [5.41, 5.74) is 28.6. The third kappa shape index (κ3) is 8.08. The smallest absolute Gasteiger partial charge is 0.0716 e. The Hall–Kier alpha value is -10.5. The van der Waals surface area contributed by atoms with Gasteiger partial charge in [-0.2, -0.15) is 0 Å². The van der Waals surface area contributed by atoms with Gasteiger partial charge in [0.15, 0.2) is 0 Å². The maximum atomic E-state index is 2.61. The average Bonchev–Trinajstić information content (AvgIpc) is 1.62. The van der Waals surface area contributed by atoms with Crippen LogP contribution in [0.15, 0.2) is 328 Å². The van der Waals surface area contributed by atoms with Crippen LogP contribution in [0.4, 0.5) is 22.7 Å². The summed E-state index contributed by atoms with van der Waals surface area (Å²) in [5, 5.41) is 0. The highest BCUT2D eigenvalue weighted by Crippen LogP contribution is 2.60. The molecule has 0 heterocycles. The molecule has 2 heteroatoms. The molecule has 87 heavy (non-hydrogen) atoms. The van der Waals surface area contributed by atoms with Gasteiger partial charge >= 0.3 is 0 Å². The van der Waals surface area contributed by atoms with Crippen LogP contribution in [0.3, 0.4) is 0 Å². The van der Waals surface area contributed by atoms with Gasteiger partial charge in [0, 0.05) is 46.8 Å². The number of hydrogen-bond acceptors (Lipinski definition) is 2. The lowest BCUT2D eigenvalue weighted by Crippen LogP contribution is -2.31. The Kier molecular flexibility index (Phi) is 12.5. The fourth-order valence-electron chi connectivity index (χ4n) is 15.7. The van der Waals surface area contributed by atoms with E-state index in [1.165, 1.54) is 117 Å². The Morgan fingerprint density at radius 1 is 0.264 bits per heavy atom. The van der Waals surface area contributed by atoms with E-state index in [1.54, 1.807) is 0 Å². The van der Waals surface area contributed by atoms with Gasteiger partial charge in [-0.1, -0.05) is 305 Å². The molecular weight excluding hydrogens is 1050 g/mol. The molecule has 13 aromatic carbocycles. The van der Waals surface area contributed by atoms with E-state index in [-0.39, 0.29) is 5.41 Å². The maximum absolute atomic E-state index is 2.61. The molecule has 0 saturated heterocycles. The van der Waals surface area contributed by atoms with Crippen molar-refractivity contribution in [3.63, 3.8) is 0 Å². The Bertz CT molecular complexity index is 4650. The predicted molar refractivity (Wildman–Crippen MR) is 362 cm³/mol. The summed E-state index contributed by atoms with van der Waals surface area (Å²) >= 11 is 0. The SMILES string of the molecule is CC1(C)c2ccccc2-c2c(N(Cc3ccccc3-c3ccccc3)c3cccc(N(Cc4cccc5c4C(c4ccccc4)(c4ccccc4)c4ccccc4-5)c4cccc(C5(c6ccccc6)c6ccccc6-c6ccccc65)c4)c3)cccc21. The lowest BCUT2D eigenvalue weighted by atomic mass is 9.66. The van der Waals surface area contributed by atoms with Crippen molar-refractivity contribution in [1.82, 2.24) is 0 Å². The van der Waals surface area contributed by atoms with E-state index in [0.717, 1.165) is 17.1 Å². The molecule has 0 N–H and O–H groups in total. The molecule has 3 aliphatic carbocycles. The first-order valence-corrected chi connectivity index (χ1v) is 30.6. The van der Waals surface area contributed by atoms with Crippen LogP contribution in [-0.4, -0.2) is 0 Å². The predicted octanol–water partition coefficient (Wildman–Crippen LogP) is 21.1. The molecule has 0 bridgehead atoms. The lowest BCUT2D eigenvalue weighted by molar-refractivity contribution is 0.660. The molecular formula is C85H64N2. The minimum atomic E-state index is -0.601. The van der Waals surface area contributed by atoms with Gasteiger partial charge in [-0.15, -0.1) is 0 Å². The molecule has 0 amide bonds. The summed E-state index contributed by atoms with van der Waals surface area (Å²) in [6.07, 6.45) is 0. The highest BCUT2D eigenvalue weighted by atomic mass is 15.2. The number of nitrogens with zero attached hydrogens (tertiary/aromatic N) is 2. The third-order valence-electron chi connectivity index (χ3n) is 19.4. The zero-order chi connectivity index (χ0) is 58.1. The van der Waals surface area contributed by atoms with E-state index in [0.29, 0.717) is 13.1 Å². The second-order valence-electron chi connectivity index (χ2n) is 24.2. The first-order chi connectivity index (χ1) is 42.9. The fourth-order valence-corrected chi connectivity index (χ4v) is 15.7. The molecule has 0 radical (unpaired) electrons. The van der Waals surface area contributed by atoms with Crippen LogP contribution in [0.1, 0.15) is 80.6 Å². The van der Waals surface area contributed by atoms with Crippen LogP contribution in [0.2, 0.25) is 0 Å². The van der Waals surface area contributed by atoms with Crippen molar-refractivity contribution < 1.29 is 0 Å². The molecule has 0 fully saturated rings. The van der Waals surface area contributed by atoms with E-state index in [9.17, 15) is 0 Å². The van der Waals surface area contributed by atoms with Crippen molar-refractivity contribution in [3.8, 4) is 44.5 Å². The van der Waals surface area contributed by atoms with Gasteiger partial charge in [0.05, 0.1) is 10.8 Å². The van der Waals surface area contributed by atoms with E-state index in [4.69, 9.17) is 0 Å². The zero-order valence-corrected chi connectivity index (χ0v) is 49.0. The van der Waals surface area contributed by atoms with Gasteiger partial charge < -0.3 is 9.80 Å². The molecule has 3 aliphatic rings. The Morgan fingerprint density at radius 3 is 1.28 bits per heavy atom. The van der Waals surface area contributed by atoms with Crippen LogP contribution in [-0.2, 0) is 29.3 Å². The molecule has 13 aromatic rings. The Labute approximate surface area is 511 Å². The minimum absolute atomic E-state index is 0.180. The van der Waals surface area contributed by atoms with Gasteiger partial charge in [0.1, 0.15) is 0 Å². The van der Waals surface area contributed by atoms with E-state index < -0.39 is 10.8 Å². The number of hydrogen-bond donors (Lipinski definition) is 0. The minimum Gasteiger partial charge on any atom is -0.337 e. The topological polar surface area (TPSA) is 6.48 Å². The standard InChI is InChI=1S/C85H64N2/c1-83(2)75-49-21-20-47-74(75)81-79(83)53-28-54-80(81)87(57-60-31-15-16-43-69(60)59-29-7-3-8-30-59)68-42-27-41-67(56-68)86(66-40-26-39-65(55-66)84(62-33-9-4-10-34-62)76-50-22-17-44-70(76)71-45-18-23-51-77(71)84)58-61-32-25-48-73-72-46-19-24-52-78(72)85(82(61)73,63-35-11-5-12-36-63)64-37-13-6-14-38-64/h3-56H,57-58H2,1-2H3. The summed E-state index contributed by atoms with van der Waals surface area (Å²) < 4.78 is 0. The average molecular weight is 1110 g/mol. The lowest BCUT2D eigenvalue weighted by Gasteiger charge is -2.37. The first kappa shape index (κ1) is 52.0. The molecule has 0 saturated carbocycles. The van der Waals surface area contributed by atoms with Crippen LogP contribution < -0.4 is 9.80 Å². The maximum Gasteiger partial charge on any atom is 0.0716 e. The summed E-state index contributed by atoms with van der Waals surface area (Å²) in [4.78, 5) is 5.21. The molecule has 0 atom stereocenters. The Balaban J connectivity index is 0.945. The molecule has 0 aromatic heterocycles. The highest BCUT2D eigenvalue weighted by molar-refractivity contribution is 5.94. The fraction of sp³-hybridized carbons (Fsp3) is 0.0824. The summed E-state index contributed by atoms with van der Waals surface area (Å²) in [7, 11) is 0. The van der Waals surface area contributed by atoms with Crippen LogP contribution in [0.5, 0.6) is 0 Å². The van der Waals surface area contributed by atoms with Crippen LogP contribution in [0, 0.1) is 0 Å². The van der Waals surface area contributed by atoms with Gasteiger partial charge in [0.2, 0.25) is 0 Å². The van der Waals surface area contributed by atoms with Crippen molar-refractivity contribution in [1.29, 1.82) is 0 Å². The van der Waals surface area contributed by atoms with Gasteiger partial charge in [-0.3, -0.25) is 0 Å². The summed E-state index contributed by atoms with van der Waals surface area (Å²) in [6, 6.07) is 123. The molecule has 0 unspecified atom stereocenters. The van der Waals surface area contributed by atoms with E-state index in [1.807, 2.05) is 0 Å². The van der Waals surface area contributed by atoms with Crippen molar-refractivity contribution in [2.24, 2.45) is 0 Å². The molecule has 414 valence electrons. The second kappa shape index (κ2) is 20.9. The number of benzene rings is 13. The molecule has 16 rings (SSSR count). The highest BCUT2D eigenvalue weighted by Gasteiger charge is 2.49. The van der Waals surface area contributed by atoms with Crippen molar-refractivity contribution >= 4 is 22.7 Å². The second-order valence-corrected chi connectivity index (χ2v) is 24.2. The number of rotatable bonds is 13. The van der Waals surface area contributed by atoms with Crippen molar-refractivity contribution in [2.45, 2.75) is 43.2 Å². The summed E-state index contributed by atoms with van der Waals surface area (Å²) in [5.74, 6) is 0. The van der Waals surface area contributed by atoms with Crippen molar-refractivity contribution in [2.75, 3.05) is 9.80 Å². The van der Waals surface area contributed by atoms with Gasteiger partial charge in [-0.05, 0) is 142 Å². The third-order valence-corrected chi connectivity index (χ3v) is 19.4. The number of anilines is 4. The largest absolute Gasteiger partial charge is 0.337 e. The number of fused-ring (bicyclic) bond motifs is 9. The van der Waals surface area contributed by atoms with E-state index in [2.05, 4.69) is 351 Å². The first-order valence-electron chi connectivity index (χ1n) is 30.6. The van der Waals surface area contributed by atoms with Gasteiger partial charge in [0.25, 0.3) is 0 Å². The van der Waals surface area contributed by atoms with Crippen molar-refractivity contribution in [3.05, 3.63) is 394 Å². The van der Waals surface area contributed by atoms with Gasteiger partial charge in [-0.25, -0.2) is 0 Å². The van der Waals surface area contributed by atoms with Crippen LogP contribution in [0.25, 0.3) is 44.5 Å². The zero-order valence-electron chi connectivity index (χ0n) is 49.0. The monoisotopic (exact) mass is 1110 g/mol. The van der Waals surface area contributed by atoms with Crippen LogP contribution >= 0.6 is 0 Å². The summed E-state index contributed by atoms with van der Waals surface area (Å²) in [6.45, 7) is 5.99. The molecule has 0 spiro atoms. The quantitative estimate of drug-likeness (QED) is 0.114. The normalized spacial score (nSPS) is 14.0. The molecule has 2 nitrogen and oxygen atoms in total.